The van der Waals surface area contributed by atoms with Gasteiger partial charge in [-0.3, -0.25) is 4.57 Å². The molecule has 0 spiro atoms. The van der Waals surface area contributed by atoms with Gasteiger partial charge in [0.15, 0.2) is 6.10 Å². The van der Waals surface area contributed by atoms with Gasteiger partial charge in [0.2, 0.25) is 5.85 Å². The molecule has 0 N–H and O–H groups in total. The largest absolute Gasteiger partial charge is 0.477 e. The summed E-state index contributed by atoms with van der Waals surface area (Å²) in [5, 5.41) is 0.703. The molecule has 2 unspecified atom stereocenters. The fraction of sp³-hybridized carbons (Fsp3) is 0.409. The van der Waals surface area contributed by atoms with Crippen LogP contribution in [0.15, 0.2) is 48.5 Å². The molecule has 2 aromatic carbocycles. The summed E-state index contributed by atoms with van der Waals surface area (Å²) in [6.07, 6.45) is 0.225. The van der Waals surface area contributed by atoms with Gasteiger partial charge in [-0.1, -0.05) is 67.4 Å². The van der Waals surface area contributed by atoms with Gasteiger partial charge in [-0.05, 0) is 38.0 Å². The molecule has 9 heteroatoms. The third-order valence-corrected chi connectivity index (χ3v) is 6.67. The maximum absolute atomic E-state index is 13.6. The van der Waals surface area contributed by atoms with E-state index < -0.39 is 25.5 Å². The summed E-state index contributed by atoms with van der Waals surface area (Å²) < 4.78 is 36.1. The fourth-order valence-electron chi connectivity index (χ4n) is 2.56. The van der Waals surface area contributed by atoms with Crippen LogP contribution in [-0.4, -0.2) is 25.3 Å². The predicted molar refractivity (Wildman–Crippen MR) is 122 cm³/mol. The van der Waals surface area contributed by atoms with Crippen molar-refractivity contribution in [2.75, 3.05) is 13.2 Å². The molecule has 0 aliphatic heterocycles. The molecule has 0 saturated heterocycles. The lowest BCUT2D eigenvalue weighted by atomic mass is 10.2. The van der Waals surface area contributed by atoms with Crippen LogP contribution >= 0.6 is 30.8 Å². The van der Waals surface area contributed by atoms with E-state index in [-0.39, 0.29) is 24.0 Å². The first-order valence-electron chi connectivity index (χ1n) is 10.1. The molecule has 2 aromatic rings. The molecular formula is C22H27Cl2O6P. The molecule has 0 aliphatic rings. The summed E-state index contributed by atoms with van der Waals surface area (Å²) in [7, 11) is -3.82. The van der Waals surface area contributed by atoms with Crippen molar-refractivity contribution < 1.29 is 27.9 Å². The maximum Gasteiger partial charge on any atom is 0.375 e. The zero-order valence-electron chi connectivity index (χ0n) is 17.8. The molecular weight excluding hydrogens is 462 g/mol. The lowest BCUT2D eigenvalue weighted by molar-refractivity contribution is -0.154. The zero-order valence-corrected chi connectivity index (χ0v) is 20.2. The van der Waals surface area contributed by atoms with E-state index in [1.54, 1.807) is 42.5 Å². The number of ether oxygens (including phenoxy) is 2. The standard InChI is InChI=1S/C22H27Cl2O6P/c1-4-13-27-31(26,28-14-5-2)22(17-9-7-6-8-10-17)30-21(25)16(3)29-20-12-11-18(23)15-19(20)24/h6-12,15-16,22H,4-5,13-14H2,1-3H3. The van der Waals surface area contributed by atoms with Crippen LogP contribution < -0.4 is 4.74 Å². The monoisotopic (exact) mass is 488 g/mol. The number of hydrogen-bond acceptors (Lipinski definition) is 6. The molecule has 6 nitrogen and oxygen atoms in total. The van der Waals surface area contributed by atoms with Crippen molar-refractivity contribution in [2.45, 2.75) is 45.6 Å². The molecule has 170 valence electrons. The van der Waals surface area contributed by atoms with Crippen molar-refractivity contribution in [3.05, 3.63) is 64.1 Å². The molecule has 0 heterocycles. The van der Waals surface area contributed by atoms with E-state index in [0.717, 1.165) is 0 Å². The smallest absolute Gasteiger partial charge is 0.375 e. The van der Waals surface area contributed by atoms with Crippen LogP contribution in [0, 0.1) is 0 Å². The Hall–Kier alpha value is -1.56. The van der Waals surface area contributed by atoms with Crippen molar-refractivity contribution >= 4 is 36.8 Å². The minimum atomic E-state index is -3.82. The van der Waals surface area contributed by atoms with E-state index in [1.165, 1.54) is 13.0 Å². The second-order valence-electron chi connectivity index (χ2n) is 6.74. The van der Waals surface area contributed by atoms with Crippen molar-refractivity contribution in [2.24, 2.45) is 0 Å². The first kappa shape index (κ1) is 25.7. The van der Waals surface area contributed by atoms with Crippen LogP contribution in [0.3, 0.4) is 0 Å². The molecule has 0 bridgehead atoms. The van der Waals surface area contributed by atoms with Crippen LogP contribution in [0.2, 0.25) is 10.0 Å². The van der Waals surface area contributed by atoms with E-state index in [1.807, 2.05) is 13.8 Å². The van der Waals surface area contributed by atoms with Crippen LogP contribution in [0.5, 0.6) is 5.75 Å². The van der Waals surface area contributed by atoms with Gasteiger partial charge in [-0.2, -0.15) is 0 Å². The van der Waals surface area contributed by atoms with Gasteiger partial charge in [0, 0.05) is 10.6 Å². The molecule has 0 fully saturated rings. The van der Waals surface area contributed by atoms with Gasteiger partial charge >= 0.3 is 13.6 Å². The van der Waals surface area contributed by atoms with Crippen LogP contribution in [0.25, 0.3) is 0 Å². The van der Waals surface area contributed by atoms with Gasteiger partial charge in [0.05, 0.1) is 18.2 Å². The Morgan fingerprint density at radius 2 is 1.61 bits per heavy atom. The van der Waals surface area contributed by atoms with E-state index >= 15 is 0 Å². The summed E-state index contributed by atoms with van der Waals surface area (Å²) in [5.74, 6) is -1.69. The van der Waals surface area contributed by atoms with Crippen molar-refractivity contribution in [1.82, 2.24) is 0 Å². The number of benzene rings is 2. The average Bonchev–Trinajstić information content (AvgIpc) is 2.76. The zero-order chi connectivity index (χ0) is 22.9. The normalized spacial score (nSPS) is 13.5. The van der Waals surface area contributed by atoms with Crippen LogP contribution in [-0.2, 0) is 23.1 Å². The Morgan fingerprint density at radius 1 is 1.00 bits per heavy atom. The van der Waals surface area contributed by atoms with Gasteiger partial charge in [0.1, 0.15) is 5.75 Å². The average molecular weight is 489 g/mol. The number of halogens is 2. The van der Waals surface area contributed by atoms with Gasteiger partial charge in [0.25, 0.3) is 0 Å². The summed E-state index contributed by atoms with van der Waals surface area (Å²) in [6, 6.07) is 13.4. The molecule has 0 aliphatic carbocycles. The highest BCUT2D eigenvalue weighted by Crippen LogP contribution is 2.61. The van der Waals surface area contributed by atoms with Crippen LogP contribution in [0.1, 0.15) is 45.0 Å². The van der Waals surface area contributed by atoms with Crippen molar-refractivity contribution in [3.8, 4) is 5.75 Å². The van der Waals surface area contributed by atoms with E-state index in [4.69, 9.17) is 41.7 Å². The van der Waals surface area contributed by atoms with Crippen molar-refractivity contribution in [3.63, 3.8) is 0 Å². The summed E-state index contributed by atoms with van der Waals surface area (Å²) >= 11 is 12.0. The third-order valence-electron chi connectivity index (χ3n) is 4.08. The Labute approximate surface area is 193 Å². The molecule has 2 rings (SSSR count). The van der Waals surface area contributed by atoms with Gasteiger partial charge in [-0.25, -0.2) is 4.79 Å². The van der Waals surface area contributed by atoms with Crippen molar-refractivity contribution in [1.29, 1.82) is 0 Å². The van der Waals surface area contributed by atoms with Gasteiger partial charge < -0.3 is 18.5 Å². The quantitative estimate of drug-likeness (QED) is 0.235. The molecule has 0 radical (unpaired) electrons. The molecule has 31 heavy (non-hydrogen) atoms. The van der Waals surface area contributed by atoms with E-state index in [2.05, 4.69) is 0 Å². The third kappa shape index (κ3) is 7.51. The molecule has 0 saturated carbocycles. The number of carbonyl (C=O) groups is 1. The highest BCUT2D eigenvalue weighted by Gasteiger charge is 2.41. The summed E-state index contributed by atoms with van der Waals surface area (Å²) in [4.78, 5) is 12.9. The van der Waals surface area contributed by atoms with Crippen LogP contribution in [0.4, 0.5) is 0 Å². The predicted octanol–water partition coefficient (Wildman–Crippen LogP) is 7.05. The molecule has 0 amide bonds. The topological polar surface area (TPSA) is 71.1 Å². The summed E-state index contributed by atoms with van der Waals surface area (Å²) in [6.45, 7) is 5.70. The van der Waals surface area contributed by atoms with E-state index in [0.29, 0.717) is 23.4 Å². The summed E-state index contributed by atoms with van der Waals surface area (Å²) in [5.41, 5.74) is 0.503. The number of carbonyl (C=O) groups excluding carboxylic acids is 1. The highest BCUT2D eigenvalue weighted by atomic mass is 35.5. The second-order valence-corrected chi connectivity index (χ2v) is 9.65. The molecule has 2 atom stereocenters. The lowest BCUT2D eigenvalue weighted by Gasteiger charge is -2.28. The Bertz CT molecular complexity index is 881. The first-order valence-corrected chi connectivity index (χ1v) is 12.4. The van der Waals surface area contributed by atoms with Gasteiger partial charge in [-0.15, -0.1) is 0 Å². The lowest BCUT2D eigenvalue weighted by Crippen LogP contribution is -2.28. The Kier molecular flexibility index (Phi) is 10.3. The Balaban J connectivity index is 2.27. The minimum Gasteiger partial charge on any atom is -0.477 e. The maximum atomic E-state index is 13.6. The number of rotatable bonds is 12. The highest BCUT2D eigenvalue weighted by molar-refractivity contribution is 7.54. The Morgan fingerprint density at radius 3 is 2.16 bits per heavy atom. The first-order chi connectivity index (χ1) is 14.8. The minimum absolute atomic E-state index is 0.203. The molecule has 0 aromatic heterocycles. The number of hydrogen-bond donors (Lipinski definition) is 0. The van der Waals surface area contributed by atoms with E-state index in [9.17, 15) is 9.36 Å². The number of esters is 1. The second kappa shape index (κ2) is 12.5. The fourth-order valence-corrected chi connectivity index (χ4v) is 5.00. The SMILES string of the molecule is CCCOP(=O)(OCCC)C(OC(=O)C(C)Oc1ccc(Cl)cc1Cl)c1ccccc1.